The highest BCUT2D eigenvalue weighted by atomic mass is 79.9. The van der Waals surface area contributed by atoms with Crippen molar-refractivity contribution in [1.82, 2.24) is 4.98 Å². The van der Waals surface area contributed by atoms with Crippen LogP contribution in [0.3, 0.4) is 0 Å². The third-order valence-electron chi connectivity index (χ3n) is 4.09. The van der Waals surface area contributed by atoms with Crippen molar-refractivity contribution in [2.45, 2.75) is 12.3 Å². The standard InChI is InChI=1S/C20H15BrCl2N2O/c21-16-8-6-14(7-9-16)17(13-4-2-1-3-5-13)12-18(25-26)15-10-19(22)24-20(23)11-15/h1-11,17,26H,12H2. The molecule has 0 bridgehead atoms. The van der Waals surface area contributed by atoms with Gasteiger partial charge in [-0.05, 0) is 35.4 Å². The number of hydrogen-bond acceptors (Lipinski definition) is 3. The molecule has 1 unspecified atom stereocenters. The molecule has 0 aliphatic heterocycles. The first-order valence-corrected chi connectivity index (χ1v) is 9.46. The van der Waals surface area contributed by atoms with Gasteiger partial charge in [0.05, 0.1) is 5.71 Å². The Hall–Kier alpha value is -1.88. The van der Waals surface area contributed by atoms with Gasteiger partial charge in [-0.15, -0.1) is 0 Å². The van der Waals surface area contributed by atoms with Crippen molar-refractivity contribution in [1.29, 1.82) is 0 Å². The van der Waals surface area contributed by atoms with E-state index in [1.807, 2.05) is 30.3 Å². The van der Waals surface area contributed by atoms with Crippen molar-refractivity contribution in [3.05, 3.63) is 98.2 Å². The van der Waals surface area contributed by atoms with E-state index in [4.69, 9.17) is 23.2 Å². The van der Waals surface area contributed by atoms with Gasteiger partial charge in [-0.2, -0.15) is 0 Å². The fourth-order valence-corrected chi connectivity index (χ4v) is 3.57. The lowest BCUT2D eigenvalue weighted by Crippen LogP contribution is -2.11. The topological polar surface area (TPSA) is 45.5 Å². The van der Waals surface area contributed by atoms with Crippen molar-refractivity contribution < 1.29 is 5.21 Å². The van der Waals surface area contributed by atoms with E-state index in [0.717, 1.165) is 15.6 Å². The molecule has 26 heavy (non-hydrogen) atoms. The molecule has 1 aromatic heterocycles. The molecule has 2 aromatic carbocycles. The zero-order chi connectivity index (χ0) is 18.5. The Labute approximate surface area is 170 Å². The average Bonchev–Trinajstić information content (AvgIpc) is 2.63. The third kappa shape index (κ3) is 4.64. The van der Waals surface area contributed by atoms with Gasteiger partial charge in [0.25, 0.3) is 0 Å². The average molecular weight is 450 g/mol. The second-order valence-corrected chi connectivity index (χ2v) is 7.46. The monoisotopic (exact) mass is 448 g/mol. The molecule has 0 saturated heterocycles. The summed E-state index contributed by atoms with van der Waals surface area (Å²) in [4.78, 5) is 3.95. The molecule has 3 rings (SSSR count). The minimum absolute atomic E-state index is 0.0147. The van der Waals surface area contributed by atoms with Crippen LogP contribution in [0, 0.1) is 0 Å². The van der Waals surface area contributed by atoms with Crippen LogP contribution in [0.2, 0.25) is 10.3 Å². The number of aromatic nitrogens is 1. The summed E-state index contributed by atoms with van der Waals surface area (Å²) >= 11 is 15.5. The second kappa shape index (κ2) is 8.67. The van der Waals surface area contributed by atoms with Gasteiger partial charge < -0.3 is 5.21 Å². The maximum absolute atomic E-state index is 9.62. The van der Waals surface area contributed by atoms with Crippen LogP contribution in [0.1, 0.15) is 29.0 Å². The maximum Gasteiger partial charge on any atom is 0.131 e. The number of benzene rings is 2. The molecule has 0 aliphatic carbocycles. The fraction of sp³-hybridized carbons (Fsp3) is 0.100. The summed E-state index contributed by atoms with van der Waals surface area (Å²) in [5, 5.41) is 13.6. The largest absolute Gasteiger partial charge is 0.411 e. The first-order chi connectivity index (χ1) is 12.6. The van der Waals surface area contributed by atoms with Gasteiger partial charge in [-0.1, -0.05) is 86.8 Å². The van der Waals surface area contributed by atoms with E-state index in [2.05, 4.69) is 50.3 Å². The summed E-state index contributed by atoms with van der Waals surface area (Å²) in [5.74, 6) is 0.0147. The van der Waals surface area contributed by atoms with Crippen LogP contribution in [-0.2, 0) is 0 Å². The van der Waals surface area contributed by atoms with Crippen molar-refractivity contribution >= 4 is 44.8 Å². The highest BCUT2D eigenvalue weighted by Crippen LogP contribution is 2.31. The predicted molar refractivity (Wildman–Crippen MR) is 110 cm³/mol. The zero-order valence-electron chi connectivity index (χ0n) is 13.6. The van der Waals surface area contributed by atoms with Crippen LogP contribution >= 0.6 is 39.1 Å². The van der Waals surface area contributed by atoms with Gasteiger partial charge in [0.2, 0.25) is 0 Å². The van der Waals surface area contributed by atoms with E-state index >= 15 is 0 Å². The van der Waals surface area contributed by atoms with Crippen LogP contribution < -0.4 is 0 Å². The van der Waals surface area contributed by atoms with Gasteiger partial charge >= 0.3 is 0 Å². The molecule has 0 spiro atoms. The highest BCUT2D eigenvalue weighted by Gasteiger charge is 2.19. The number of nitrogens with zero attached hydrogens (tertiary/aromatic N) is 2. The molecule has 1 N–H and O–H groups in total. The third-order valence-corrected chi connectivity index (χ3v) is 5.00. The van der Waals surface area contributed by atoms with Crippen molar-refractivity contribution in [2.75, 3.05) is 0 Å². The van der Waals surface area contributed by atoms with Crippen molar-refractivity contribution in [2.24, 2.45) is 5.16 Å². The van der Waals surface area contributed by atoms with Crippen LogP contribution in [0.4, 0.5) is 0 Å². The quantitative estimate of drug-likeness (QED) is 0.207. The van der Waals surface area contributed by atoms with E-state index in [-0.39, 0.29) is 16.2 Å². The molecular formula is C20H15BrCl2N2O. The van der Waals surface area contributed by atoms with Crippen molar-refractivity contribution in [3.63, 3.8) is 0 Å². The molecule has 3 nitrogen and oxygen atoms in total. The van der Waals surface area contributed by atoms with E-state index in [0.29, 0.717) is 17.7 Å². The summed E-state index contributed by atoms with van der Waals surface area (Å²) in [6.45, 7) is 0. The Kier molecular flexibility index (Phi) is 6.30. The van der Waals surface area contributed by atoms with E-state index in [9.17, 15) is 5.21 Å². The molecule has 3 aromatic rings. The van der Waals surface area contributed by atoms with Crippen LogP contribution in [0.15, 0.2) is 76.4 Å². The first kappa shape index (κ1) is 18.9. The predicted octanol–water partition coefficient (Wildman–Crippen LogP) is 6.55. The summed E-state index contributed by atoms with van der Waals surface area (Å²) in [7, 11) is 0. The lowest BCUT2D eigenvalue weighted by molar-refractivity contribution is 0.317. The smallest absolute Gasteiger partial charge is 0.131 e. The minimum atomic E-state index is 0.0147. The molecule has 6 heteroatoms. The number of hydrogen-bond donors (Lipinski definition) is 1. The SMILES string of the molecule is ON=C(CC(c1ccccc1)c1ccc(Br)cc1)c1cc(Cl)nc(Cl)c1. The lowest BCUT2D eigenvalue weighted by Gasteiger charge is -2.19. The van der Waals surface area contributed by atoms with Crippen molar-refractivity contribution in [3.8, 4) is 0 Å². The molecule has 0 radical (unpaired) electrons. The van der Waals surface area contributed by atoms with Crippen LogP contribution in [-0.4, -0.2) is 15.9 Å². The Bertz CT molecular complexity index is 895. The highest BCUT2D eigenvalue weighted by molar-refractivity contribution is 9.10. The van der Waals surface area contributed by atoms with Gasteiger partial charge in [-0.25, -0.2) is 4.98 Å². The van der Waals surface area contributed by atoms with E-state index in [1.54, 1.807) is 12.1 Å². The summed E-state index contributed by atoms with van der Waals surface area (Å²) in [6, 6.07) is 21.5. The summed E-state index contributed by atoms with van der Waals surface area (Å²) < 4.78 is 1.01. The number of halogens is 3. The Balaban J connectivity index is 2.00. The number of pyridine rings is 1. The summed E-state index contributed by atoms with van der Waals surface area (Å²) in [5.41, 5.74) is 3.39. The maximum atomic E-state index is 9.62. The second-order valence-electron chi connectivity index (χ2n) is 5.77. The molecule has 1 atom stereocenters. The molecule has 0 saturated carbocycles. The molecule has 0 aliphatic rings. The zero-order valence-corrected chi connectivity index (χ0v) is 16.7. The molecule has 132 valence electrons. The molecule has 0 amide bonds. The van der Waals surface area contributed by atoms with Gasteiger partial charge in [-0.3, -0.25) is 0 Å². The van der Waals surface area contributed by atoms with Gasteiger partial charge in [0.15, 0.2) is 0 Å². The number of oxime groups is 1. The van der Waals surface area contributed by atoms with Gasteiger partial charge in [0.1, 0.15) is 10.3 Å². The van der Waals surface area contributed by atoms with E-state index < -0.39 is 0 Å². The Morgan fingerprint density at radius 1 is 0.962 bits per heavy atom. The molecule has 1 heterocycles. The summed E-state index contributed by atoms with van der Waals surface area (Å²) in [6.07, 6.45) is 0.485. The van der Waals surface area contributed by atoms with Gasteiger partial charge in [0, 0.05) is 22.4 Å². The lowest BCUT2D eigenvalue weighted by atomic mass is 9.85. The van der Waals surface area contributed by atoms with E-state index in [1.165, 1.54) is 0 Å². The first-order valence-electron chi connectivity index (χ1n) is 7.91. The molecular weight excluding hydrogens is 435 g/mol. The minimum Gasteiger partial charge on any atom is -0.411 e. The normalized spacial score (nSPS) is 12.8. The fourth-order valence-electron chi connectivity index (χ4n) is 2.85. The van der Waals surface area contributed by atoms with Crippen LogP contribution in [0.25, 0.3) is 0 Å². The molecule has 0 fully saturated rings. The Morgan fingerprint density at radius 3 is 2.12 bits per heavy atom. The number of rotatable bonds is 5. The van der Waals surface area contributed by atoms with Crippen LogP contribution in [0.5, 0.6) is 0 Å². The Morgan fingerprint density at radius 2 is 1.54 bits per heavy atom.